The SMILES string of the molecule is Cc1ccc(-c2cnc3[nH]cc(C)c3c2)cc1S(N)(=O)=O. The predicted octanol–water partition coefficient (Wildman–Crippen LogP) is 2.49. The van der Waals surface area contributed by atoms with Gasteiger partial charge >= 0.3 is 0 Å². The lowest BCUT2D eigenvalue weighted by Gasteiger charge is -2.07. The van der Waals surface area contributed by atoms with Gasteiger partial charge in [-0.1, -0.05) is 12.1 Å². The highest BCUT2D eigenvalue weighted by atomic mass is 32.2. The Morgan fingerprint density at radius 3 is 2.57 bits per heavy atom. The zero-order valence-electron chi connectivity index (χ0n) is 11.7. The van der Waals surface area contributed by atoms with Crippen molar-refractivity contribution < 1.29 is 8.42 Å². The molecule has 2 aromatic heterocycles. The fourth-order valence-corrected chi connectivity index (χ4v) is 3.19. The first-order valence-corrected chi connectivity index (χ1v) is 7.98. The van der Waals surface area contributed by atoms with Crippen LogP contribution in [-0.2, 0) is 10.0 Å². The molecular weight excluding hydrogens is 286 g/mol. The Hall–Kier alpha value is -2.18. The van der Waals surface area contributed by atoms with Gasteiger partial charge in [0.05, 0.1) is 4.90 Å². The molecule has 0 spiro atoms. The molecule has 0 saturated heterocycles. The van der Waals surface area contributed by atoms with Gasteiger partial charge in [0, 0.05) is 23.3 Å². The molecule has 0 aliphatic rings. The van der Waals surface area contributed by atoms with Gasteiger partial charge in [-0.15, -0.1) is 0 Å². The Kier molecular flexibility index (Phi) is 3.07. The highest BCUT2D eigenvalue weighted by Crippen LogP contribution is 2.27. The lowest BCUT2D eigenvalue weighted by atomic mass is 10.0. The van der Waals surface area contributed by atoms with Crippen LogP contribution in [0.1, 0.15) is 11.1 Å². The van der Waals surface area contributed by atoms with Crippen LogP contribution in [0.3, 0.4) is 0 Å². The molecule has 21 heavy (non-hydrogen) atoms. The van der Waals surface area contributed by atoms with Crippen molar-refractivity contribution in [3.05, 3.63) is 47.8 Å². The lowest BCUT2D eigenvalue weighted by molar-refractivity contribution is 0.597. The van der Waals surface area contributed by atoms with Gasteiger partial charge in [0.15, 0.2) is 0 Å². The second-order valence-electron chi connectivity index (χ2n) is 5.12. The summed E-state index contributed by atoms with van der Waals surface area (Å²) in [5, 5.41) is 6.27. The second-order valence-corrected chi connectivity index (χ2v) is 6.65. The van der Waals surface area contributed by atoms with Crippen LogP contribution in [0.25, 0.3) is 22.2 Å². The van der Waals surface area contributed by atoms with E-state index >= 15 is 0 Å². The number of hydrogen-bond acceptors (Lipinski definition) is 3. The first kappa shape index (κ1) is 13.8. The fraction of sp³-hybridized carbons (Fsp3) is 0.133. The van der Waals surface area contributed by atoms with Crippen LogP contribution in [0, 0.1) is 13.8 Å². The topological polar surface area (TPSA) is 88.8 Å². The normalized spacial score (nSPS) is 12.0. The number of nitrogens with one attached hydrogen (secondary N) is 1. The molecule has 0 bridgehead atoms. The number of hydrogen-bond donors (Lipinski definition) is 2. The Bertz CT molecular complexity index is 943. The maximum absolute atomic E-state index is 11.6. The molecule has 0 aliphatic heterocycles. The number of nitrogens with two attached hydrogens (primary N) is 1. The van der Waals surface area contributed by atoms with E-state index in [1.54, 1.807) is 25.3 Å². The number of fused-ring (bicyclic) bond motifs is 1. The predicted molar refractivity (Wildman–Crippen MR) is 82.4 cm³/mol. The molecule has 1 aromatic carbocycles. The van der Waals surface area contributed by atoms with Gasteiger partial charge in [0.25, 0.3) is 0 Å². The van der Waals surface area contributed by atoms with Crippen molar-refractivity contribution in [2.75, 3.05) is 0 Å². The molecule has 0 unspecified atom stereocenters. The highest BCUT2D eigenvalue weighted by molar-refractivity contribution is 7.89. The number of rotatable bonds is 2. The standard InChI is InChI=1S/C15H15N3O2S/c1-9-3-4-11(6-14(9)21(16,19)20)12-5-13-10(2)7-17-15(13)18-8-12/h3-8H,1-2H3,(H,17,18)(H2,16,19,20). The third-order valence-corrected chi connectivity index (χ3v) is 4.62. The first-order valence-electron chi connectivity index (χ1n) is 6.44. The van der Waals surface area contributed by atoms with E-state index in [0.717, 1.165) is 27.7 Å². The van der Waals surface area contributed by atoms with Crippen LogP contribution in [0.2, 0.25) is 0 Å². The minimum Gasteiger partial charge on any atom is -0.346 e. The molecule has 2 heterocycles. The van der Waals surface area contributed by atoms with Gasteiger partial charge in [-0.25, -0.2) is 18.5 Å². The number of H-pyrrole nitrogens is 1. The fourth-order valence-electron chi connectivity index (χ4n) is 2.38. The summed E-state index contributed by atoms with van der Waals surface area (Å²) in [5.74, 6) is 0. The molecule has 5 nitrogen and oxygen atoms in total. The van der Waals surface area contributed by atoms with Crippen LogP contribution in [-0.4, -0.2) is 18.4 Å². The molecule has 0 fully saturated rings. The molecular formula is C15H15N3O2S. The molecule has 3 rings (SSSR count). The summed E-state index contributed by atoms with van der Waals surface area (Å²) in [6.07, 6.45) is 3.61. The number of aromatic nitrogens is 2. The number of aryl methyl sites for hydroxylation is 2. The number of benzene rings is 1. The van der Waals surface area contributed by atoms with Gasteiger partial charge in [0.2, 0.25) is 10.0 Å². The van der Waals surface area contributed by atoms with Crippen molar-refractivity contribution >= 4 is 21.1 Å². The van der Waals surface area contributed by atoms with Crippen molar-refractivity contribution in [3.8, 4) is 11.1 Å². The van der Waals surface area contributed by atoms with Gasteiger partial charge in [0.1, 0.15) is 5.65 Å². The number of nitrogens with zero attached hydrogens (tertiary/aromatic N) is 1. The molecule has 3 N–H and O–H groups in total. The zero-order valence-corrected chi connectivity index (χ0v) is 12.5. The molecule has 3 aromatic rings. The minimum absolute atomic E-state index is 0.144. The summed E-state index contributed by atoms with van der Waals surface area (Å²) >= 11 is 0. The van der Waals surface area contributed by atoms with Gasteiger partial charge < -0.3 is 4.98 Å². The first-order chi connectivity index (χ1) is 9.86. The third kappa shape index (κ3) is 2.43. The Morgan fingerprint density at radius 1 is 1.10 bits per heavy atom. The number of pyridine rings is 1. The smallest absolute Gasteiger partial charge is 0.238 e. The van der Waals surface area contributed by atoms with Crippen molar-refractivity contribution in [2.45, 2.75) is 18.7 Å². The summed E-state index contributed by atoms with van der Waals surface area (Å²) in [5.41, 5.74) is 4.18. The molecule has 0 amide bonds. The van der Waals surface area contributed by atoms with Crippen LogP contribution in [0.15, 0.2) is 41.6 Å². The Morgan fingerprint density at radius 2 is 1.86 bits per heavy atom. The van der Waals surface area contributed by atoms with E-state index in [1.165, 1.54) is 0 Å². The average Bonchev–Trinajstić information content (AvgIpc) is 2.79. The van der Waals surface area contributed by atoms with Gasteiger partial charge in [-0.2, -0.15) is 0 Å². The van der Waals surface area contributed by atoms with E-state index in [0.29, 0.717) is 5.56 Å². The Labute approximate surface area is 122 Å². The molecule has 0 atom stereocenters. The van der Waals surface area contributed by atoms with E-state index in [2.05, 4.69) is 9.97 Å². The van der Waals surface area contributed by atoms with Crippen LogP contribution >= 0.6 is 0 Å². The number of sulfonamides is 1. The summed E-state index contributed by atoms with van der Waals surface area (Å²) in [7, 11) is -3.73. The van der Waals surface area contributed by atoms with Crippen LogP contribution in [0.5, 0.6) is 0 Å². The van der Waals surface area contributed by atoms with Gasteiger partial charge in [-0.05, 0) is 42.7 Å². The van der Waals surface area contributed by atoms with E-state index in [9.17, 15) is 8.42 Å². The van der Waals surface area contributed by atoms with E-state index in [1.807, 2.05) is 25.3 Å². The van der Waals surface area contributed by atoms with E-state index < -0.39 is 10.0 Å². The van der Waals surface area contributed by atoms with Crippen LogP contribution in [0.4, 0.5) is 0 Å². The Balaban J connectivity index is 2.21. The highest BCUT2D eigenvalue weighted by Gasteiger charge is 2.13. The molecule has 6 heteroatoms. The summed E-state index contributed by atoms with van der Waals surface area (Å²) in [4.78, 5) is 7.59. The molecule has 108 valence electrons. The summed E-state index contributed by atoms with van der Waals surface area (Å²) in [6.45, 7) is 3.72. The quantitative estimate of drug-likeness (QED) is 0.762. The zero-order chi connectivity index (χ0) is 15.2. The third-order valence-electron chi connectivity index (χ3n) is 3.57. The molecule has 0 radical (unpaired) electrons. The maximum atomic E-state index is 11.6. The van der Waals surface area contributed by atoms with Crippen molar-refractivity contribution in [1.29, 1.82) is 0 Å². The maximum Gasteiger partial charge on any atom is 0.238 e. The molecule has 0 aliphatic carbocycles. The van der Waals surface area contributed by atoms with Gasteiger partial charge in [-0.3, -0.25) is 0 Å². The second kappa shape index (κ2) is 4.68. The largest absolute Gasteiger partial charge is 0.346 e. The van der Waals surface area contributed by atoms with E-state index in [4.69, 9.17) is 5.14 Å². The monoisotopic (exact) mass is 301 g/mol. The summed E-state index contributed by atoms with van der Waals surface area (Å²) < 4.78 is 23.2. The average molecular weight is 301 g/mol. The minimum atomic E-state index is -3.73. The van der Waals surface area contributed by atoms with Crippen molar-refractivity contribution in [3.63, 3.8) is 0 Å². The lowest BCUT2D eigenvalue weighted by Crippen LogP contribution is -2.13. The van der Waals surface area contributed by atoms with E-state index in [-0.39, 0.29) is 4.90 Å². The molecule has 0 saturated carbocycles. The number of aromatic amines is 1. The van der Waals surface area contributed by atoms with Crippen molar-refractivity contribution in [1.82, 2.24) is 9.97 Å². The van der Waals surface area contributed by atoms with Crippen LogP contribution < -0.4 is 5.14 Å². The summed E-state index contributed by atoms with van der Waals surface area (Å²) in [6, 6.07) is 7.21. The van der Waals surface area contributed by atoms with Crippen molar-refractivity contribution in [2.24, 2.45) is 5.14 Å². The number of primary sulfonamides is 1.